The first-order chi connectivity index (χ1) is 15.7. The van der Waals surface area contributed by atoms with Gasteiger partial charge in [0, 0.05) is 12.3 Å². The molecule has 1 N–H and O–H groups in total. The van der Waals surface area contributed by atoms with Crippen molar-refractivity contribution in [1.29, 1.82) is 0 Å². The van der Waals surface area contributed by atoms with Crippen LogP contribution in [0.25, 0.3) is 11.1 Å². The molecule has 0 radical (unpaired) electrons. The number of aryl methyl sites for hydroxylation is 1. The molecule has 1 saturated carbocycles. The Labute approximate surface area is 190 Å². The molecular formula is C27H33N3O2. The van der Waals surface area contributed by atoms with Crippen LogP contribution in [0.3, 0.4) is 0 Å². The summed E-state index contributed by atoms with van der Waals surface area (Å²) in [7, 11) is 0. The molecule has 1 fully saturated rings. The smallest absolute Gasteiger partial charge is 0.336 e. The molecule has 168 valence electrons. The van der Waals surface area contributed by atoms with Crippen molar-refractivity contribution >= 4 is 5.97 Å². The van der Waals surface area contributed by atoms with Crippen molar-refractivity contribution in [2.75, 3.05) is 0 Å². The molecule has 0 unspecified atom stereocenters. The fourth-order valence-electron chi connectivity index (χ4n) is 4.66. The molecule has 0 aliphatic heterocycles. The molecule has 5 heteroatoms. The number of nitrogens with zero attached hydrogens (tertiary/aromatic N) is 3. The lowest BCUT2D eigenvalue weighted by molar-refractivity contribution is 0.0697. The predicted octanol–water partition coefficient (Wildman–Crippen LogP) is 6.47. The van der Waals surface area contributed by atoms with Gasteiger partial charge in [-0.15, -0.1) is 0 Å². The highest BCUT2D eigenvalue weighted by Gasteiger charge is 2.21. The second kappa shape index (κ2) is 10.6. The first-order valence-corrected chi connectivity index (χ1v) is 12.0. The molecule has 32 heavy (non-hydrogen) atoms. The highest BCUT2D eigenvalue weighted by Crippen LogP contribution is 2.31. The lowest BCUT2D eigenvalue weighted by Gasteiger charge is -2.18. The Bertz CT molecular complexity index is 1030. The van der Waals surface area contributed by atoms with Crippen molar-refractivity contribution in [2.24, 2.45) is 0 Å². The van der Waals surface area contributed by atoms with Crippen LogP contribution in [0.15, 0.2) is 48.5 Å². The van der Waals surface area contributed by atoms with E-state index < -0.39 is 5.97 Å². The number of carbonyl (C=O) groups is 1. The van der Waals surface area contributed by atoms with Crippen LogP contribution in [0.1, 0.15) is 91.8 Å². The van der Waals surface area contributed by atoms with E-state index in [4.69, 9.17) is 10.1 Å². The number of aromatic carboxylic acids is 1. The van der Waals surface area contributed by atoms with E-state index in [0.717, 1.165) is 41.2 Å². The second-order valence-electron chi connectivity index (χ2n) is 8.88. The van der Waals surface area contributed by atoms with Gasteiger partial charge in [0.2, 0.25) is 0 Å². The molecule has 0 atom stereocenters. The van der Waals surface area contributed by atoms with Gasteiger partial charge in [0.15, 0.2) is 5.82 Å². The van der Waals surface area contributed by atoms with E-state index >= 15 is 0 Å². The minimum Gasteiger partial charge on any atom is -0.478 e. The van der Waals surface area contributed by atoms with Crippen LogP contribution in [0.4, 0.5) is 0 Å². The van der Waals surface area contributed by atoms with Crippen molar-refractivity contribution in [3.8, 4) is 11.1 Å². The minimum absolute atomic E-state index is 0.326. The van der Waals surface area contributed by atoms with E-state index in [1.807, 2.05) is 24.3 Å². The lowest BCUT2D eigenvalue weighted by Crippen LogP contribution is -2.09. The average Bonchev–Trinajstić information content (AvgIpc) is 3.23. The van der Waals surface area contributed by atoms with Crippen LogP contribution >= 0.6 is 0 Å². The number of carboxylic acids is 1. The van der Waals surface area contributed by atoms with Crippen LogP contribution in [0.2, 0.25) is 0 Å². The van der Waals surface area contributed by atoms with Crippen LogP contribution in [-0.4, -0.2) is 25.8 Å². The zero-order valence-corrected chi connectivity index (χ0v) is 19.0. The summed E-state index contributed by atoms with van der Waals surface area (Å²) in [5.41, 5.74) is 3.13. The second-order valence-corrected chi connectivity index (χ2v) is 8.88. The first kappa shape index (κ1) is 22.3. The molecular weight excluding hydrogens is 398 g/mol. The third-order valence-corrected chi connectivity index (χ3v) is 6.49. The zero-order chi connectivity index (χ0) is 22.3. The quantitative estimate of drug-likeness (QED) is 0.394. The van der Waals surface area contributed by atoms with Gasteiger partial charge in [-0.3, -0.25) is 0 Å². The van der Waals surface area contributed by atoms with Gasteiger partial charge in [0.25, 0.3) is 0 Å². The third-order valence-electron chi connectivity index (χ3n) is 6.49. The van der Waals surface area contributed by atoms with Crippen molar-refractivity contribution in [2.45, 2.75) is 77.2 Å². The summed E-state index contributed by atoms with van der Waals surface area (Å²) in [6, 6.07) is 15.3. The number of unbranched alkanes of at least 4 members (excludes halogenated alkanes) is 2. The fourth-order valence-corrected chi connectivity index (χ4v) is 4.66. The van der Waals surface area contributed by atoms with Gasteiger partial charge in [-0.2, -0.15) is 5.10 Å². The van der Waals surface area contributed by atoms with E-state index in [9.17, 15) is 9.90 Å². The average molecular weight is 432 g/mol. The summed E-state index contributed by atoms with van der Waals surface area (Å²) in [6.45, 7) is 2.92. The Morgan fingerprint density at radius 2 is 1.78 bits per heavy atom. The van der Waals surface area contributed by atoms with Gasteiger partial charge in [0.1, 0.15) is 5.82 Å². The molecule has 4 rings (SSSR count). The number of aromatic nitrogens is 3. The van der Waals surface area contributed by atoms with Crippen LogP contribution in [0.5, 0.6) is 0 Å². The maximum Gasteiger partial charge on any atom is 0.336 e. The van der Waals surface area contributed by atoms with Gasteiger partial charge >= 0.3 is 5.97 Å². The lowest BCUT2D eigenvalue weighted by atomic mass is 9.89. The normalized spacial score (nSPS) is 14.5. The fraction of sp³-hybridized carbons (Fsp3) is 0.444. The predicted molar refractivity (Wildman–Crippen MR) is 127 cm³/mol. The summed E-state index contributed by atoms with van der Waals surface area (Å²) in [6.07, 6.45) is 10.8. The first-order valence-electron chi connectivity index (χ1n) is 12.0. The molecule has 0 saturated heterocycles. The largest absolute Gasteiger partial charge is 0.478 e. The molecule has 1 aliphatic rings. The summed E-state index contributed by atoms with van der Waals surface area (Å²) < 4.78 is 2.10. The summed E-state index contributed by atoms with van der Waals surface area (Å²) in [5.74, 6) is 1.73. The number of hydrogen-bond donors (Lipinski definition) is 1. The number of rotatable bonds is 9. The molecule has 0 amide bonds. The van der Waals surface area contributed by atoms with Crippen LogP contribution in [-0.2, 0) is 13.0 Å². The van der Waals surface area contributed by atoms with Crippen molar-refractivity contribution in [3.63, 3.8) is 0 Å². The van der Waals surface area contributed by atoms with E-state index in [0.29, 0.717) is 18.0 Å². The molecule has 1 aromatic heterocycles. The Morgan fingerprint density at radius 3 is 2.50 bits per heavy atom. The Kier molecular flexibility index (Phi) is 7.35. The maximum absolute atomic E-state index is 11.6. The van der Waals surface area contributed by atoms with Gasteiger partial charge in [-0.05, 0) is 42.0 Å². The van der Waals surface area contributed by atoms with Crippen LogP contribution in [0, 0.1) is 0 Å². The SMILES string of the molecule is CCCCCc1nc(C2CCCCC2)nn1Cc1ccc(-c2ccccc2C(=O)O)cc1. The third kappa shape index (κ3) is 5.26. The number of hydrogen-bond acceptors (Lipinski definition) is 3. The van der Waals surface area contributed by atoms with E-state index in [-0.39, 0.29) is 0 Å². The molecule has 0 bridgehead atoms. The Balaban J connectivity index is 1.55. The molecule has 2 aromatic carbocycles. The molecule has 1 heterocycles. The van der Waals surface area contributed by atoms with Crippen molar-refractivity contribution in [1.82, 2.24) is 14.8 Å². The highest BCUT2D eigenvalue weighted by molar-refractivity contribution is 5.95. The van der Waals surface area contributed by atoms with Crippen LogP contribution < -0.4 is 0 Å². The molecule has 3 aromatic rings. The Morgan fingerprint density at radius 1 is 1.03 bits per heavy atom. The van der Waals surface area contributed by atoms with Gasteiger partial charge in [-0.1, -0.05) is 81.5 Å². The maximum atomic E-state index is 11.6. The highest BCUT2D eigenvalue weighted by atomic mass is 16.4. The number of benzene rings is 2. The minimum atomic E-state index is -0.903. The number of carboxylic acid groups (broad SMARTS) is 1. The van der Waals surface area contributed by atoms with Crippen molar-refractivity contribution < 1.29 is 9.90 Å². The topological polar surface area (TPSA) is 68.0 Å². The van der Waals surface area contributed by atoms with Gasteiger partial charge in [0.05, 0.1) is 12.1 Å². The molecule has 1 aliphatic carbocycles. The monoisotopic (exact) mass is 431 g/mol. The summed E-state index contributed by atoms with van der Waals surface area (Å²) >= 11 is 0. The van der Waals surface area contributed by atoms with Crippen molar-refractivity contribution in [3.05, 3.63) is 71.3 Å². The van der Waals surface area contributed by atoms with Gasteiger partial charge in [-0.25, -0.2) is 14.5 Å². The zero-order valence-electron chi connectivity index (χ0n) is 19.0. The molecule has 0 spiro atoms. The van der Waals surface area contributed by atoms with Gasteiger partial charge < -0.3 is 5.11 Å². The standard InChI is InChI=1S/C27H33N3O2/c1-2-3-5-14-25-28-26(22-10-6-4-7-11-22)29-30(25)19-20-15-17-21(18-16-20)23-12-8-9-13-24(23)27(31)32/h8-9,12-13,15-18,22H,2-7,10-11,14,19H2,1H3,(H,31,32). The molecule has 5 nitrogen and oxygen atoms in total. The van der Waals surface area contributed by atoms with E-state index in [1.165, 1.54) is 44.9 Å². The van der Waals surface area contributed by atoms with E-state index in [2.05, 4.69) is 23.7 Å². The van der Waals surface area contributed by atoms with E-state index in [1.54, 1.807) is 12.1 Å². The summed E-state index contributed by atoms with van der Waals surface area (Å²) in [5, 5.41) is 14.4. The summed E-state index contributed by atoms with van der Waals surface area (Å²) in [4.78, 5) is 16.5. The Hall–Kier alpha value is -2.95.